The van der Waals surface area contributed by atoms with Gasteiger partial charge in [-0.05, 0) is 25.7 Å². The summed E-state index contributed by atoms with van der Waals surface area (Å²) in [4.78, 5) is 12.1. The number of aliphatic hydroxyl groups excluding tert-OH is 1. The lowest BCUT2D eigenvalue weighted by Gasteiger charge is -2.36. The molecule has 0 fully saturated rings. The molecule has 1 atom stereocenters. The van der Waals surface area contributed by atoms with Crippen molar-refractivity contribution < 1.29 is 9.90 Å². The molecule has 108 valence electrons. The maximum Gasteiger partial charge on any atom is 0.161 e. The van der Waals surface area contributed by atoms with Crippen LogP contribution in [0.25, 0.3) is 0 Å². The second-order valence-electron chi connectivity index (χ2n) is 5.50. The van der Waals surface area contributed by atoms with E-state index in [1.165, 1.54) is 0 Å². The Bertz CT molecular complexity index is 219. The van der Waals surface area contributed by atoms with Crippen LogP contribution in [-0.4, -0.2) is 17.0 Å². The Morgan fingerprint density at radius 2 is 1.56 bits per heavy atom. The standard InChI is InChI=1S/C16H32O2/c1-5-9-11-12-14(17)15(18)16(7-3,8-4)13-10-6-2/h15,18H,5-13H2,1-4H3. The van der Waals surface area contributed by atoms with E-state index in [2.05, 4.69) is 27.7 Å². The molecule has 0 aromatic rings. The minimum Gasteiger partial charge on any atom is -0.385 e. The molecule has 2 nitrogen and oxygen atoms in total. The zero-order valence-corrected chi connectivity index (χ0v) is 12.8. The van der Waals surface area contributed by atoms with Crippen molar-refractivity contribution in [3.63, 3.8) is 0 Å². The van der Waals surface area contributed by atoms with Gasteiger partial charge in [0.1, 0.15) is 6.10 Å². The topological polar surface area (TPSA) is 37.3 Å². The van der Waals surface area contributed by atoms with Gasteiger partial charge in [0.15, 0.2) is 5.78 Å². The second kappa shape index (κ2) is 9.55. The molecule has 0 spiro atoms. The summed E-state index contributed by atoms with van der Waals surface area (Å²) in [5.41, 5.74) is -0.181. The first-order valence-corrected chi connectivity index (χ1v) is 7.78. The molecule has 0 saturated carbocycles. The molecule has 0 aromatic heterocycles. The smallest absolute Gasteiger partial charge is 0.161 e. The first-order valence-electron chi connectivity index (χ1n) is 7.78. The van der Waals surface area contributed by atoms with E-state index in [4.69, 9.17) is 0 Å². The monoisotopic (exact) mass is 256 g/mol. The minimum atomic E-state index is -0.754. The highest BCUT2D eigenvalue weighted by Gasteiger charge is 2.37. The molecule has 0 saturated heterocycles. The van der Waals surface area contributed by atoms with Gasteiger partial charge in [-0.3, -0.25) is 4.79 Å². The summed E-state index contributed by atoms with van der Waals surface area (Å²) < 4.78 is 0. The van der Waals surface area contributed by atoms with Crippen LogP contribution in [-0.2, 0) is 4.79 Å². The second-order valence-corrected chi connectivity index (χ2v) is 5.50. The molecule has 0 aliphatic heterocycles. The van der Waals surface area contributed by atoms with Gasteiger partial charge in [0.25, 0.3) is 0 Å². The number of ketones is 1. The van der Waals surface area contributed by atoms with Crippen molar-refractivity contribution in [3.8, 4) is 0 Å². The third-order valence-electron chi connectivity index (χ3n) is 4.35. The van der Waals surface area contributed by atoms with Gasteiger partial charge in [0.05, 0.1) is 0 Å². The van der Waals surface area contributed by atoms with Crippen LogP contribution >= 0.6 is 0 Å². The molecule has 1 N–H and O–H groups in total. The van der Waals surface area contributed by atoms with E-state index in [0.29, 0.717) is 6.42 Å². The number of carbonyl (C=O) groups is 1. The van der Waals surface area contributed by atoms with Crippen molar-refractivity contribution in [2.24, 2.45) is 5.41 Å². The highest BCUT2D eigenvalue weighted by Crippen LogP contribution is 2.37. The lowest BCUT2D eigenvalue weighted by molar-refractivity contribution is -0.135. The molecule has 0 aliphatic carbocycles. The molecular weight excluding hydrogens is 224 g/mol. The van der Waals surface area contributed by atoms with Crippen molar-refractivity contribution in [2.45, 2.75) is 91.6 Å². The van der Waals surface area contributed by atoms with E-state index in [1.54, 1.807) is 0 Å². The normalized spacial score (nSPS) is 13.6. The molecule has 0 radical (unpaired) electrons. The molecular formula is C16H32O2. The van der Waals surface area contributed by atoms with Crippen LogP contribution in [0.3, 0.4) is 0 Å². The average molecular weight is 256 g/mol. The van der Waals surface area contributed by atoms with E-state index in [1.807, 2.05) is 0 Å². The summed E-state index contributed by atoms with van der Waals surface area (Å²) in [6.07, 6.45) is 7.89. The lowest BCUT2D eigenvalue weighted by Crippen LogP contribution is -2.40. The summed E-state index contributed by atoms with van der Waals surface area (Å²) >= 11 is 0. The van der Waals surface area contributed by atoms with Crippen LogP contribution in [0.1, 0.15) is 85.5 Å². The third kappa shape index (κ3) is 5.09. The average Bonchev–Trinajstić information content (AvgIpc) is 2.40. The van der Waals surface area contributed by atoms with Crippen molar-refractivity contribution in [1.82, 2.24) is 0 Å². The van der Waals surface area contributed by atoms with Gasteiger partial charge in [0, 0.05) is 11.8 Å². The van der Waals surface area contributed by atoms with E-state index in [0.717, 1.165) is 51.4 Å². The van der Waals surface area contributed by atoms with Crippen molar-refractivity contribution in [1.29, 1.82) is 0 Å². The Kier molecular flexibility index (Phi) is 9.35. The van der Waals surface area contributed by atoms with E-state index >= 15 is 0 Å². The first-order chi connectivity index (χ1) is 8.57. The highest BCUT2D eigenvalue weighted by atomic mass is 16.3. The van der Waals surface area contributed by atoms with Crippen molar-refractivity contribution in [2.75, 3.05) is 0 Å². The zero-order valence-electron chi connectivity index (χ0n) is 12.8. The number of rotatable bonds is 11. The van der Waals surface area contributed by atoms with E-state index in [9.17, 15) is 9.90 Å². The molecule has 0 heterocycles. The Morgan fingerprint density at radius 3 is 2.00 bits per heavy atom. The Balaban J connectivity index is 4.52. The van der Waals surface area contributed by atoms with Crippen LogP contribution in [0.15, 0.2) is 0 Å². The van der Waals surface area contributed by atoms with Gasteiger partial charge in [-0.1, -0.05) is 53.4 Å². The number of aliphatic hydroxyl groups is 1. The van der Waals surface area contributed by atoms with Gasteiger partial charge in [-0.25, -0.2) is 0 Å². The molecule has 1 unspecified atom stereocenters. The number of hydrogen-bond donors (Lipinski definition) is 1. The largest absolute Gasteiger partial charge is 0.385 e. The summed E-state index contributed by atoms with van der Waals surface area (Å²) in [6.45, 7) is 8.49. The summed E-state index contributed by atoms with van der Waals surface area (Å²) in [5, 5.41) is 10.4. The van der Waals surface area contributed by atoms with Gasteiger partial charge in [0.2, 0.25) is 0 Å². The van der Waals surface area contributed by atoms with Crippen LogP contribution in [0.5, 0.6) is 0 Å². The van der Waals surface area contributed by atoms with Gasteiger partial charge >= 0.3 is 0 Å². The Morgan fingerprint density at radius 1 is 1.00 bits per heavy atom. The van der Waals surface area contributed by atoms with Gasteiger partial charge < -0.3 is 5.11 Å². The molecule has 2 heteroatoms. The van der Waals surface area contributed by atoms with Crippen LogP contribution in [0.2, 0.25) is 0 Å². The Hall–Kier alpha value is -0.370. The maximum atomic E-state index is 12.1. The SMILES string of the molecule is CCCCCC(=O)C(O)C(CC)(CC)CCCC. The molecule has 0 amide bonds. The van der Waals surface area contributed by atoms with Gasteiger partial charge in [-0.2, -0.15) is 0 Å². The predicted molar refractivity (Wildman–Crippen MR) is 77.7 cm³/mol. The van der Waals surface area contributed by atoms with Crippen LogP contribution in [0, 0.1) is 5.41 Å². The van der Waals surface area contributed by atoms with E-state index < -0.39 is 6.10 Å². The first kappa shape index (κ1) is 17.6. The number of Topliss-reactive ketones (excluding diaryl/α,β-unsaturated/α-hetero) is 1. The van der Waals surface area contributed by atoms with Crippen LogP contribution in [0.4, 0.5) is 0 Å². The fourth-order valence-corrected chi connectivity index (χ4v) is 2.68. The summed E-state index contributed by atoms with van der Waals surface area (Å²) in [6, 6.07) is 0. The summed E-state index contributed by atoms with van der Waals surface area (Å²) in [7, 11) is 0. The Labute approximate surface area is 113 Å². The minimum absolute atomic E-state index is 0.0586. The molecule has 0 bridgehead atoms. The summed E-state index contributed by atoms with van der Waals surface area (Å²) in [5.74, 6) is 0.0586. The van der Waals surface area contributed by atoms with Crippen LogP contribution < -0.4 is 0 Å². The van der Waals surface area contributed by atoms with Gasteiger partial charge in [-0.15, -0.1) is 0 Å². The van der Waals surface area contributed by atoms with Crippen molar-refractivity contribution in [3.05, 3.63) is 0 Å². The highest BCUT2D eigenvalue weighted by molar-refractivity contribution is 5.83. The maximum absolute atomic E-state index is 12.1. The molecule has 0 aromatic carbocycles. The predicted octanol–water partition coefficient (Wildman–Crippen LogP) is 4.49. The fourth-order valence-electron chi connectivity index (χ4n) is 2.68. The zero-order chi connectivity index (χ0) is 14.0. The van der Waals surface area contributed by atoms with Crippen molar-refractivity contribution >= 4 is 5.78 Å². The fraction of sp³-hybridized carbons (Fsp3) is 0.938. The lowest BCUT2D eigenvalue weighted by atomic mass is 9.71. The molecule has 0 rings (SSSR count). The third-order valence-corrected chi connectivity index (χ3v) is 4.35. The quantitative estimate of drug-likeness (QED) is 0.553. The number of unbranched alkanes of at least 4 members (excludes halogenated alkanes) is 3. The molecule has 0 aliphatic rings. The number of carbonyl (C=O) groups excluding carboxylic acids is 1. The van der Waals surface area contributed by atoms with E-state index in [-0.39, 0.29) is 11.2 Å². The molecule has 18 heavy (non-hydrogen) atoms. The number of hydrogen-bond acceptors (Lipinski definition) is 2.